The number of hydroxylamine groups is 4. The van der Waals surface area contributed by atoms with Crippen LogP contribution < -0.4 is 0 Å². The SMILES string of the molecule is CC(CON(C)C)P(=O)(O)C(C)CON(C)C. The van der Waals surface area contributed by atoms with E-state index in [0.717, 1.165) is 0 Å². The van der Waals surface area contributed by atoms with Crippen LogP contribution in [-0.4, -0.2) is 67.7 Å². The summed E-state index contributed by atoms with van der Waals surface area (Å²) in [7, 11) is 3.68. The molecule has 6 nitrogen and oxygen atoms in total. The molecule has 0 bridgehead atoms. The Morgan fingerprint density at radius 1 is 1.00 bits per heavy atom. The predicted molar refractivity (Wildman–Crippen MR) is 68.0 cm³/mol. The first-order valence-corrected chi connectivity index (χ1v) is 7.40. The molecule has 104 valence electrons. The zero-order chi connectivity index (χ0) is 13.6. The fourth-order valence-electron chi connectivity index (χ4n) is 1.16. The zero-order valence-corrected chi connectivity index (χ0v) is 12.5. The molecule has 0 aliphatic heterocycles. The highest BCUT2D eigenvalue weighted by Crippen LogP contribution is 2.51. The van der Waals surface area contributed by atoms with Crippen molar-refractivity contribution in [3.05, 3.63) is 0 Å². The van der Waals surface area contributed by atoms with Crippen LogP contribution in [0.1, 0.15) is 13.8 Å². The lowest BCUT2D eigenvalue weighted by atomic mass is 10.5. The fraction of sp³-hybridized carbons (Fsp3) is 1.00. The minimum atomic E-state index is -3.29. The Balaban J connectivity index is 4.27. The van der Waals surface area contributed by atoms with Gasteiger partial charge in [-0.15, -0.1) is 0 Å². The number of nitrogens with zero attached hydrogens (tertiary/aromatic N) is 2. The van der Waals surface area contributed by atoms with Gasteiger partial charge in [-0.3, -0.25) is 14.2 Å². The van der Waals surface area contributed by atoms with E-state index in [9.17, 15) is 9.46 Å². The lowest BCUT2D eigenvalue weighted by Crippen LogP contribution is -2.27. The van der Waals surface area contributed by atoms with E-state index in [2.05, 4.69) is 0 Å². The van der Waals surface area contributed by atoms with Gasteiger partial charge in [0.25, 0.3) is 0 Å². The van der Waals surface area contributed by atoms with Crippen molar-refractivity contribution in [2.75, 3.05) is 41.4 Å². The topological polar surface area (TPSA) is 62.2 Å². The van der Waals surface area contributed by atoms with Gasteiger partial charge in [-0.2, -0.15) is 10.1 Å². The van der Waals surface area contributed by atoms with Crippen molar-refractivity contribution in [1.29, 1.82) is 0 Å². The molecule has 0 amide bonds. The molecular weight excluding hydrogens is 243 g/mol. The largest absolute Gasteiger partial charge is 0.344 e. The highest BCUT2D eigenvalue weighted by Gasteiger charge is 2.34. The highest BCUT2D eigenvalue weighted by atomic mass is 31.2. The van der Waals surface area contributed by atoms with E-state index in [1.54, 1.807) is 42.0 Å². The van der Waals surface area contributed by atoms with Gasteiger partial charge >= 0.3 is 0 Å². The summed E-state index contributed by atoms with van der Waals surface area (Å²) in [5, 5.41) is 3.05. The van der Waals surface area contributed by atoms with Crippen molar-refractivity contribution in [2.24, 2.45) is 0 Å². The Morgan fingerprint density at radius 2 is 1.29 bits per heavy atom. The second-order valence-corrected chi connectivity index (χ2v) is 7.69. The van der Waals surface area contributed by atoms with Crippen LogP contribution in [0.2, 0.25) is 0 Å². The van der Waals surface area contributed by atoms with Crippen molar-refractivity contribution < 1.29 is 19.1 Å². The van der Waals surface area contributed by atoms with Crippen LogP contribution >= 0.6 is 7.37 Å². The second kappa shape index (κ2) is 7.46. The molecule has 0 aromatic carbocycles. The third-order valence-electron chi connectivity index (χ3n) is 2.41. The van der Waals surface area contributed by atoms with Gasteiger partial charge in [0.1, 0.15) is 0 Å². The molecule has 0 heterocycles. The summed E-state index contributed by atoms with van der Waals surface area (Å²) < 4.78 is 12.2. The molecule has 0 spiro atoms. The van der Waals surface area contributed by atoms with E-state index in [-0.39, 0.29) is 13.2 Å². The fourth-order valence-corrected chi connectivity index (χ4v) is 2.59. The van der Waals surface area contributed by atoms with Crippen molar-refractivity contribution in [3.63, 3.8) is 0 Å². The van der Waals surface area contributed by atoms with Crippen molar-refractivity contribution in [3.8, 4) is 0 Å². The molecule has 0 aromatic heterocycles. The number of rotatable bonds is 8. The number of hydrogen-bond donors (Lipinski definition) is 1. The summed E-state index contributed by atoms with van der Waals surface area (Å²) in [4.78, 5) is 20.5. The van der Waals surface area contributed by atoms with E-state index in [0.29, 0.717) is 0 Å². The van der Waals surface area contributed by atoms with Gasteiger partial charge in [-0.1, -0.05) is 13.8 Å². The first kappa shape index (κ1) is 17.0. The molecular formula is C10H25N2O4P. The zero-order valence-electron chi connectivity index (χ0n) is 11.6. The van der Waals surface area contributed by atoms with Crippen molar-refractivity contribution in [1.82, 2.24) is 10.1 Å². The van der Waals surface area contributed by atoms with Crippen LogP contribution in [0, 0.1) is 0 Å². The average Bonchev–Trinajstić information content (AvgIpc) is 2.21. The standard InChI is InChI=1S/C10H25N2O4P/c1-9(7-15-11(3)4)17(13,14)10(2)8-16-12(5)6/h9-10H,7-8H2,1-6H3,(H,13,14). The molecule has 2 unspecified atom stereocenters. The highest BCUT2D eigenvalue weighted by molar-refractivity contribution is 7.59. The Bertz CT molecular complexity index is 239. The van der Waals surface area contributed by atoms with E-state index >= 15 is 0 Å². The maximum absolute atomic E-state index is 12.2. The van der Waals surface area contributed by atoms with Gasteiger partial charge in [0.05, 0.1) is 24.5 Å². The molecule has 0 saturated carbocycles. The minimum absolute atomic E-state index is 0.229. The van der Waals surface area contributed by atoms with Crippen molar-refractivity contribution >= 4 is 7.37 Å². The summed E-state index contributed by atoms with van der Waals surface area (Å²) in [5.41, 5.74) is -0.823. The van der Waals surface area contributed by atoms with Gasteiger partial charge in [0.15, 0.2) is 0 Å². The van der Waals surface area contributed by atoms with Gasteiger partial charge in [0, 0.05) is 28.2 Å². The van der Waals surface area contributed by atoms with Crippen LogP contribution in [0.4, 0.5) is 0 Å². The predicted octanol–water partition coefficient (Wildman–Crippen LogP) is 1.02. The molecule has 1 N–H and O–H groups in total. The molecule has 0 saturated heterocycles. The first-order valence-electron chi connectivity index (χ1n) is 5.60. The van der Waals surface area contributed by atoms with E-state index in [1.165, 1.54) is 10.1 Å². The number of hydrogen-bond acceptors (Lipinski definition) is 5. The van der Waals surface area contributed by atoms with E-state index < -0.39 is 18.7 Å². The molecule has 0 aliphatic rings. The van der Waals surface area contributed by atoms with Crippen LogP contribution in [0.5, 0.6) is 0 Å². The molecule has 2 atom stereocenters. The summed E-state index contributed by atoms with van der Waals surface area (Å²) in [6.07, 6.45) is 0. The third kappa shape index (κ3) is 6.50. The van der Waals surface area contributed by atoms with Crippen LogP contribution in [0.3, 0.4) is 0 Å². The van der Waals surface area contributed by atoms with Crippen LogP contribution in [-0.2, 0) is 14.2 Å². The minimum Gasteiger partial charge on any atom is -0.344 e. The van der Waals surface area contributed by atoms with Gasteiger partial charge in [-0.05, 0) is 0 Å². The maximum atomic E-state index is 12.2. The quantitative estimate of drug-likeness (QED) is 0.524. The smallest absolute Gasteiger partial charge is 0.210 e. The Hall–Kier alpha value is 0.0300. The van der Waals surface area contributed by atoms with Gasteiger partial charge < -0.3 is 4.89 Å². The Morgan fingerprint density at radius 3 is 1.53 bits per heavy atom. The van der Waals surface area contributed by atoms with Gasteiger partial charge in [-0.25, -0.2) is 0 Å². The van der Waals surface area contributed by atoms with E-state index in [4.69, 9.17) is 9.68 Å². The van der Waals surface area contributed by atoms with Crippen LogP contribution in [0.25, 0.3) is 0 Å². The Kier molecular flexibility index (Phi) is 7.47. The van der Waals surface area contributed by atoms with E-state index in [1.807, 2.05) is 0 Å². The Labute approximate surface area is 104 Å². The normalized spacial score (nSPS) is 19.4. The summed E-state index contributed by atoms with van der Waals surface area (Å²) in [5.74, 6) is 0. The summed E-state index contributed by atoms with van der Waals surface area (Å²) in [6.45, 7) is 3.90. The monoisotopic (exact) mass is 268 g/mol. The van der Waals surface area contributed by atoms with Crippen molar-refractivity contribution in [2.45, 2.75) is 25.2 Å². The molecule has 0 aliphatic carbocycles. The summed E-state index contributed by atoms with van der Waals surface area (Å²) >= 11 is 0. The third-order valence-corrected chi connectivity index (χ3v) is 5.24. The lowest BCUT2D eigenvalue weighted by molar-refractivity contribution is -0.121. The summed E-state index contributed by atoms with van der Waals surface area (Å²) in [6, 6.07) is 0. The lowest BCUT2D eigenvalue weighted by Gasteiger charge is -2.26. The molecule has 7 heteroatoms. The molecule has 17 heavy (non-hydrogen) atoms. The average molecular weight is 268 g/mol. The molecule has 0 rings (SSSR count). The molecule has 0 radical (unpaired) electrons. The molecule has 0 aromatic rings. The van der Waals surface area contributed by atoms with Gasteiger partial charge in [0.2, 0.25) is 7.37 Å². The first-order chi connectivity index (χ1) is 7.67. The maximum Gasteiger partial charge on any atom is 0.210 e. The molecule has 0 fully saturated rings. The van der Waals surface area contributed by atoms with Crippen LogP contribution in [0.15, 0.2) is 0 Å². The second-order valence-electron chi connectivity index (χ2n) is 4.59.